The summed E-state index contributed by atoms with van der Waals surface area (Å²) in [7, 11) is -0.826. The monoisotopic (exact) mass is 226 g/mol. The number of nitrogens with two attached hydrogens (primary N) is 1. The molecule has 1 saturated heterocycles. The first-order chi connectivity index (χ1) is 6.53. The zero-order chi connectivity index (χ0) is 10.6. The molecule has 6 heteroatoms. The highest BCUT2D eigenvalue weighted by Gasteiger charge is 2.30. The number of nitrogens with zero attached hydrogens (tertiary/aromatic N) is 1. The second-order valence-electron chi connectivity index (χ2n) is 3.54. The summed E-state index contributed by atoms with van der Waals surface area (Å²) in [5.74, 6) is -1.68. The fraction of sp³-hybridized carbons (Fsp3) is 1.00. The van der Waals surface area contributed by atoms with Crippen LogP contribution in [0.15, 0.2) is 0 Å². The molecule has 0 aliphatic carbocycles. The molecular weight excluding hydrogens is 210 g/mol. The lowest BCUT2D eigenvalue weighted by Crippen LogP contribution is -2.42. The summed E-state index contributed by atoms with van der Waals surface area (Å²) in [6.45, 7) is 0.164. The Labute approximate surface area is 85.1 Å². The number of alkyl halides is 2. The molecule has 1 unspecified atom stereocenters. The Morgan fingerprint density at radius 3 is 2.71 bits per heavy atom. The van der Waals surface area contributed by atoms with E-state index in [-0.39, 0.29) is 6.54 Å². The molecule has 2 N–H and O–H groups in total. The summed E-state index contributed by atoms with van der Waals surface area (Å²) in [5, 5.41) is 0. The summed E-state index contributed by atoms with van der Waals surface area (Å²) in [4.78, 5) is 1.65. The lowest BCUT2D eigenvalue weighted by Gasteiger charge is -2.24. The van der Waals surface area contributed by atoms with Crippen molar-refractivity contribution in [2.24, 2.45) is 5.73 Å². The number of hydrogen-bond donors (Lipinski definition) is 1. The van der Waals surface area contributed by atoms with Gasteiger partial charge in [-0.2, -0.15) is 0 Å². The smallest absolute Gasteiger partial charge is 0.272 e. The molecule has 1 rings (SSSR count). The van der Waals surface area contributed by atoms with Crippen LogP contribution in [-0.2, 0) is 10.8 Å². The van der Waals surface area contributed by atoms with Crippen LogP contribution >= 0.6 is 0 Å². The Bertz CT molecular complexity index is 214. The van der Waals surface area contributed by atoms with Crippen LogP contribution in [0.4, 0.5) is 8.78 Å². The summed E-state index contributed by atoms with van der Waals surface area (Å²) in [6.07, 6.45) is 0.729. The Morgan fingerprint density at radius 1 is 1.36 bits per heavy atom. The highest BCUT2D eigenvalue weighted by atomic mass is 32.2. The van der Waals surface area contributed by atoms with E-state index in [2.05, 4.69) is 0 Å². The zero-order valence-electron chi connectivity index (χ0n) is 8.05. The fourth-order valence-electron chi connectivity index (χ4n) is 1.44. The maximum absolute atomic E-state index is 12.9. The largest absolute Gasteiger partial charge is 0.325 e. The molecule has 1 atom stereocenters. The molecule has 84 valence electrons. The van der Waals surface area contributed by atoms with Crippen molar-refractivity contribution in [1.82, 2.24) is 4.90 Å². The molecule has 0 amide bonds. The first-order valence-corrected chi connectivity index (χ1v) is 6.17. The van der Waals surface area contributed by atoms with E-state index >= 15 is 0 Å². The third kappa shape index (κ3) is 3.98. The first kappa shape index (κ1) is 12.0. The second-order valence-corrected chi connectivity index (χ2v) is 5.23. The summed E-state index contributed by atoms with van der Waals surface area (Å²) >= 11 is 0. The minimum absolute atomic E-state index is 0.305. The molecule has 0 aromatic carbocycles. The standard InChI is InChI=1S/C8H16F2N2OS/c9-8(10,6-11)7-12-2-1-4-14(13)5-3-12/h1-7,11H2. The van der Waals surface area contributed by atoms with Crippen molar-refractivity contribution < 1.29 is 13.0 Å². The second kappa shape index (κ2) is 5.14. The topological polar surface area (TPSA) is 46.3 Å². The average Bonchev–Trinajstić information content (AvgIpc) is 2.31. The van der Waals surface area contributed by atoms with Gasteiger partial charge >= 0.3 is 0 Å². The number of rotatable bonds is 3. The maximum atomic E-state index is 12.9. The Morgan fingerprint density at radius 2 is 2.07 bits per heavy atom. The van der Waals surface area contributed by atoms with Crippen molar-refractivity contribution in [3.63, 3.8) is 0 Å². The summed E-state index contributed by atoms with van der Waals surface area (Å²) < 4.78 is 37.0. The van der Waals surface area contributed by atoms with Gasteiger partial charge < -0.3 is 5.73 Å². The average molecular weight is 226 g/mol. The number of hydrogen-bond acceptors (Lipinski definition) is 3. The van der Waals surface area contributed by atoms with Gasteiger partial charge in [0.05, 0.1) is 13.1 Å². The minimum atomic E-state index is -2.81. The van der Waals surface area contributed by atoms with Crippen LogP contribution in [0, 0.1) is 0 Å². The molecule has 1 fully saturated rings. The van der Waals surface area contributed by atoms with Gasteiger partial charge in [0.25, 0.3) is 5.92 Å². The highest BCUT2D eigenvalue weighted by Crippen LogP contribution is 2.14. The van der Waals surface area contributed by atoms with Gasteiger partial charge in [0.1, 0.15) is 0 Å². The van der Waals surface area contributed by atoms with Crippen molar-refractivity contribution in [3.8, 4) is 0 Å². The van der Waals surface area contributed by atoms with Gasteiger partial charge in [0.2, 0.25) is 0 Å². The van der Waals surface area contributed by atoms with E-state index < -0.39 is 23.3 Å². The molecule has 1 aliphatic heterocycles. The quantitative estimate of drug-likeness (QED) is 0.739. The molecule has 0 bridgehead atoms. The van der Waals surface area contributed by atoms with Crippen molar-refractivity contribution in [1.29, 1.82) is 0 Å². The van der Waals surface area contributed by atoms with E-state index in [1.807, 2.05) is 0 Å². The van der Waals surface area contributed by atoms with Crippen molar-refractivity contribution in [2.45, 2.75) is 12.3 Å². The van der Waals surface area contributed by atoms with Crippen LogP contribution in [0.1, 0.15) is 6.42 Å². The normalized spacial score (nSPS) is 26.1. The molecule has 0 spiro atoms. The molecular formula is C8H16F2N2OS. The summed E-state index contributed by atoms with van der Waals surface area (Å²) in [6, 6.07) is 0. The predicted molar refractivity (Wildman–Crippen MR) is 52.9 cm³/mol. The van der Waals surface area contributed by atoms with Gasteiger partial charge in [-0.15, -0.1) is 0 Å². The summed E-state index contributed by atoms with van der Waals surface area (Å²) in [5.41, 5.74) is 4.95. The molecule has 0 aromatic rings. The van der Waals surface area contributed by atoms with E-state index in [9.17, 15) is 13.0 Å². The molecule has 1 heterocycles. The molecule has 0 aromatic heterocycles. The van der Waals surface area contributed by atoms with Gasteiger partial charge in [-0.3, -0.25) is 9.11 Å². The van der Waals surface area contributed by atoms with Crippen LogP contribution in [0.25, 0.3) is 0 Å². The minimum Gasteiger partial charge on any atom is -0.325 e. The Hall–Kier alpha value is -0.0700. The third-order valence-corrected chi connectivity index (χ3v) is 3.62. The van der Waals surface area contributed by atoms with Gasteiger partial charge in [0, 0.05) is 28.9 Å². The van der Waals surface area contributed by atoms with E-state index in [1.165, 1.54) is 0 Å². The van der Waals surface area contributed by atoms with E-state index in [1.54, 1.807) is 4.90 Å². The third-order valence-electron chi connectivity index (χ3n) is 2.24. The lowest BCUT2D eigenvalue weighted by atomic mass is 10.3. The van der Waals surface area contributed by atoms with Crippen LogP contribution in [0.2, 0.25) is 0 Å². The van der Waals surface area contributed by atoms with Crippen LogP contribution in [-0.4, -0.2) is 52.7 Å². The van der Waals surface area contributed by atoms with Gasteiger partial charge in [-0.25, -0.2) is 8.78 Å². The fourth-order valence-corrected chi connectivity index (χ4v) is 2.56. The van der Waals surface area contributed by atoms with Crippen LogP contribution < -0.4 is 5.73 Å². The van der Waals surface area contributed by atoms with Crippen LogP contribution in [0.5, 0.6) is 0 Å². The van der Waals surface area contributed by atoms with Crippen molar-refractivity contribution in [3.05, 3.63) is 0 Å². The lowest BCUT2D eigenvalue weighted by molar-refractivity contribution is -0.0217. The molecule has 14 heavy (non-hydrogen) atoms. The molecule has 3 nitrogen and oxygen atoms in total. The van der Waals surface area contributed by atoms with Crippen molar-refractivity contribution >= 4 is 10.8 Å². The molecule has 0 radical (unpaired) electrons. The molecule has 0 saturated carbocycles. The van der Waals surface area contributed by atoms with E-state index in [0.29, 0.717) is 24.6 Å². The first-order valence-electron chi connectivity index (χ1n) is 4.69. The van der Waals surface area contributed by atoms with Crippen molar-refractivity contribution in [2.75, 3.05) is 37.7 Å². The highest BCUT2D eigenvalue weighted by molar-refractivity contribution is 7.85. The predicted octanol–water partition coefficient (Wildman–Crippen LogP) is 0.0348. The van der Waals surface area contributed by atoms with E-state index in [4.69, 9.17) is 5.73 Å². The van der Waals surface area contributed by atoms with Gasteiger partial charge in [-0.1, -0.05) is 0 Å². The number of halogens is 2. The van der Waals surface area contributed by atoms with E-state index in [0.717, 1.165) is 6.42 Å². The zero-order valence-corrected chi connectivity index (χ0v) is 8.86. The SMILES string of the molecule is NCC(F)(F)CN1CCCS(=O)CC1. The van der Waals surface area contributed by atoms with Crippen LogP contribution in [0.3, 0.4) is 0 Å². The Kier molecular flexibility index (Phi) is 4.40. The maximum Gasteiger partial charge on any atom is 0.272 e. The van der Waals surface area contributed by atoms with Gasteiger partial charge in [-0.05, 0) is 13.0 Å². The Balaban J connectivity index is 2.41. The van der Waals surface area contributed by atoms with Gasteiger partial charge in [0.15, 0.2) is 0 Å². The molecule has 1 aliphatic rings.